The largest absolute Gasteiger partial charge is 0.490 e. The second-order valence-corrected chi connectivity index (χ2v) is 3.38. The van der Waals surface area contributed by atoms with Crippen LogP contribution in [0.5, 0.6) is 0 Å². The lowest BCUT2D eigenvalue weighted by molar-refractivity contribution is -0.252. The molecule has 1 rings (SSSR count). The number of esters is 1. The Morgan fingerprint density at radius 1 is 1.38 bits per heavy atom. The highest BCUT2D eigenvalue weighted by Crippen LogP contribution is 2.36. The normalized spacial score (nSPS) is 30.1. The lowest BCUT2D eigenvalue weighted by Gasteiger charge is -2.42. The molecule has 0 radical (unpaired) electrons. The number of nitrogens with two attached hydrogens (primary N) is 1. The van der Waals surface area contributed by atoms with Crippen LogP contribution in [0.25, 0.3) is 0 Å². The fourth-order valence-corrected chi connectivity index (χ4v) is 1.28. The molecule has 0 aromatic rings. The first-order valence-electron chi connectivity index (χ1n) is 4.15. The number of halogens is 5. The summed E-state index contributed by atoms with van der Waals surface area (Å²) in [4.78, 5) is 10.4. The van der Waals surface area contributed by atoms with Crippen LogP contribution in [0.3, 0.4) is 0 Å². The molecule has 0 aliphatic heterocycles. The zero-order valence-electron chi connectivity index (χ0n) is 7.76. The predicted octanol–water partition coefficient (Wildman–Crippen LogP) is 1.15. The summed E-state index contributed by atoms with van der Waals surface area (Å²) in [6.45, 7) is -3.03. The van der Waals surface area contributed by atoms with Crippen molar-refractivity contribution in [2.45, 2.75) is 37.5 Å². The highest BCUT2D eigenvalue weighted by atomic mass is 19.4. The molecular weight excluding hydrogens is 241 g/mol. The Hall–Kier alpha value is -0.960. The molecule has 0 bridgehead atoms. The molecule has 9 heteroatoms. The molecule has 0 saturated heterocycles. The van der Waals surface area contributed by atoms with E-state index in [9.17, 15) is 26.7 Å². The van der Waals surface area contributed by atoms with Crippen molar-refractivity contribution >= 4 is 5.97 Å². The first-order valence-corrected chi connectivity index (χ1v) is 4.15. The number of ether oxygens (including phenoxy) is 2. The Morgan fingerprint density at radius 2 is 1.88 bits per heavy atom. The lowest BCUT2D eigenvalue weighted by atomic mass is 9.85. The molecular formula is C7H8F5NO3. The quantitative estimate of drug-likeness (QED) is 0.463. The van der Waals surface area contributed by atoms with Gasteiger partial charge < -0.3 is 9.47 Å². The van der Waals surface area contributed by atoms with E-state index in [-0.39, 0.29) is 12.8 Å². The lowest BCUT2D eigenvalue weighted by Crippen LogP contribution is -2.59. The minimum atomic E-state index is -5.15. The molecule has 0 heterocycles. The monoisotopic (exact) mass is 249 g/mol. The molecule has 2 N–H and O–H groups in total. The van der Waals surface area contributed by atoms with Crippen molar-refractivity contribution in [3.05, 3.63) is 0 Å². The molecule has 1 aliphatic rings. The third kappa shape index (κ3) is 3.27. The number of carbonyl (C=O) groups excluding carboxylic acids is 1. The van der Waals surface area contributed by atoms with Crippen LogP contribution in [0.1, 0.15) is 12.8 Å². The Kier molecular flexibility index (Phi) is 3.38. The summed E-state index contributed by atoms with van der Waals surface area (Å²) in [5.74, 6) is -2.44. The van der Waals surface area contributed by atoms with Gasteiger partial charge in [-0.05, 0) is 0 Å². The first-order chi connectivity index (χ1) is 7.12. The van der Waals surface area contributed by atoms with E-state index in [2.05, 4.69) is 9.47 Å². The van der Waals surface area contributed by atoms with E-state index in [1.165, 1.54) is 0 Å². The summed E-state index contributed by atoms with van der Waals surface area (Å²) < 4.78 is 66.5. The molecule has 1 saturated carbocycles. The minimum absolute atomic E-state index is 0.390. The number of hydrogen-bond donors (Lipinski definition) is 1. The molecule has 1 aliphatic carbocycles. The molecule has 16 heavy (non-hydrogen) atoms. The van der Waals surface area contributed by atoms with Gasteiger partial charge in [0.05, 0.1) is 6.10 Å². The molecule has 1 fully saturated rings. The van der Waals surface area contributed by atoms with Crippen LogP contribution < -0.4 is 5.73 Å². The van der Waals surface area contributed by atoms with Gasteiger partial charge in [-0.3, -0.25) is 5.73 Å². The fourth-order valence-electron chi connectivity index (χ4n) is 1.28. The summed E-state index contributed by atoms with van der Waals surface area (Å²) in [5.41, 5.74) is 3.33. The second-order valence-electron chi connectivity index (χ2n) is 3.38. The van der Waals surface area contributed by atoms with Crippen LogP contribution in [0.15, 0.2) is 0 Å². The molecule has 0 atom stereocenters. The van der Waals surface area contributed by atoms with E-state index in [0.717, 1.165) is 0 Å². The Bertz CT molecular complexity index is 274. The number of hydrogen-bond acceptors (Lipinski definition) is 4. The van der Waals surface area contributed by atoms with Crippen LogP contribution >= 0.6 is 0 Å². The third-order valence-corrected chi connectivity index (χ3v) is 1.97. The fraction of sp³-hybridized carbons (Fsp3) is 0.857. The van der Waals surface area contributed by atoms with E-state index in [0.29, 0.717) is 0 Å². The molecule has 0 aromatic heterocycles. The van der Waals surface area contributed by atoms with Gasteiger partial charge in [-0.25, -0.2) is 4.79 Å². The standard InChI is InChI=1S/C7H8F5NO3/c8-5(9)15-3-1-6(13,2-3)16-4(14)7(10,11)12/h3,5H,1-2,13H2. The van der Waals surface area contributed by atoms with E-state index < -0.39 is 30.6 Å². The summed E-state index contributed by atoms with van der Waals surface area (Å²) in [6, 6.07) is 0. The van der Waals surface area contributed by atoms with Crippen molar-refractivity contribution in [2.24, 2.45) is 5.73 Å². The van der Waals surface area contributed by atoms with Crippen molar-refractivity contribution in [1.82, 2.24) is 0 Å². The average molecular weight is 249 g/mol. The zero-order chi connectivity index (χ0) is 12.6. The van der Waals surface area contributed by atoms with E-state index in [1.54, 1.807) is 0 Å². The van der Waals surface area contributed by atoms with Crippen molar-refractivity contribution in [2.75, 3.05) is 0 Å². The van der Waals surface area contributed by atoms with Gasteiger partial charge in [0.2, 0.25) is 0 Å². The molecule has 0 spiro atoms. The maximum Gasteiger partial charge on any atom is 0.490 e. The maximum atomic E-state index is 11.8. The highest BCUT2D eigenvalue weighted by Gasteiger charge is 2.51. The number of rotatable bonds is 3. The van der Waals surface area contributed by atoms with Crippen LogP contribution in [0.4, 0.5) is 22.0 Å². The highest BCUT2D eigenvalue weighted by molar-refractivity contribution is 5.76. The zero-order valence-corrected chi connectivity index (χ0v) is 7.76. The van der Waals surface area contributed by atoms with E-state index in [1.807, 2.05) is 0 Å². The van der Waals surface area contributed by atoms with Crippen LogP contribution in [-0.2, 0) is 14.3 Å². The van der Waals surface area contributed by atoms with Gasteiger partial charge in [-0.15, -0.1) is 0 Å². The van der Waals surface area contributed by atoms with Gasteiger partial charge in [-0.1, -0.05) is 0 Å². The van der Waals surface area contributed by atoms with Gasteiger partial charge in [0, 0.05) is 12.8 Å². The van der Waals surface area contributed by atoms with Gasteiger partial charge >= 0.3 is 18.8 Å². The second kappa shape index (κ2) is 4.13. The van der Waals surface area contributed by atoms with Crippen LogP contribution in [0, 0.1) is 0 Å². The van der Waals surface area contributed by atoms with Crippen LogP contribution in [0.2, 0.25) is 0 Å². The minimum Gasteiger partial charge on any atom is -0.437 e. The topological polar surface area (TPSA) is 61.5 Å². The van der Waals surface area contributed by atoms with Gasteiger partial charge in [-0.2, -0.15) is 22.0 Å². The van der Waals surface area contributed by atoms with Gasteiger partial charge in [0.25, 0.3) is 0 Å². The Morgan fingerprint density at radius 3 is 2.25 bits per heavy atom. The van der Waals surface area contributed by atoms with Crippen LogP contribution in [-0.4, -0.2) is 30.6 Å². The first kappa shape index (κ1) is 13.1. The van der Waals surface area contributed by atoms with E-state index >= 15 is 0 Å². The SMILES string of the molecule is NC1(OC(=O)C(F)(F)F)CC(OC(F)F)C1. The number of alkyl halides is 5. The van der Waals surface area contributed by atoms with Crippen molar-refractivity contribution in [1.29, 1.82) is 0 Å². The van der Waals surface area contributed by atoms with Crippen molar-refractivity contribution in [3.63, 3.8) is 0 Å². The smallest absolute Gasteiger partial charge is 0.437 e. The Labute approximate surface area is 86.5 Å². The molecule has 0 aromatic carbocycles. The van der Waals surface area contributed by atoms with Gasteiger partial charge in [0.1, 0.15) is 0 Å². The number of carbonyl (C=O) groups is 1. The van der Waals surface area contributed by atoms with Crippen molar-refractivity contribution in [3.8, 4) is 0 Å². The molecule has 94 valence electrons. The predicted molar refractivity (Wildman–Crippen MR) is 39.2 cm³/mol. The maximum absolute atomic E-state index is 11.8. The van der Waals surface area contributed by atoms with E-state index in [4.69, 9.17) is 5.73 Å². The molecule has 0 amide bonds. The van der Waals surface area contributed by atoms with Crippen molar-refractivity contribution < 1.29 is 36.2 Å². The summed E-state index contributed by atoms with van der Waals surface area (Å²) in [5, 5.41) is 0. The summed E-state index contributed by atoms with van der Waals surface area (Å²) >= 11 is 0. The third-order valence-electron chi connectivity index (χ3n) is 1.97. The van der Waals surface area contributed by atoms with Gasteiger partial charge in [0.15, 0.2) is 5.72 Å². The summed E-state index contributed by atoms with van der Waals surface area (Å²) in [7, 11) is 0. The average Bonchev–Trinajstić information content (AvgIpc) is 1.97. The molecule has 0 unspecified atom stereocenters. The Balaban J connectivity index is 2.38. The molecule has 4 nitrogen and oxygen atoms in total. The summed E-state index contributed by atoms with van der Waals surface area (Å²) in [6.07, 6.45) is -6.93.